The molecule has 1 heterocycles. The number of ketones is 1. The van der Waals surface area contributed by atoms with E-state index < -0.39 is 27.3 Å². The molecule has 0 radical (unpaired) electrons. The molecule has 1 N–H and O–H groups in total. The SMILES string of the molecule is CC(Br)C(=O)c1csc(C(=O)O)c1F. The monoisotopic (exact) mass is 280 g/mol. The smallest absolute Gasteiger partial charge is 0.348 e. The molecule has 0 aliphatic carbocycles. The summed E-state index contributed by atoms with van der Waals surface area (Å²) in [7, 11) is 0. The van der Waals surface area contributed by atoms with Gasteiger partial charge in [0.25, 0.3) is 0 Å². The van der Waals surface area contributed by atoms with Gasteiger partial charge in [0, 0.05) is 5.38 Å². The normalized spacial score (nSPS) is 12.5. The van der Waals surface area contributed by atoms with Crippen LogP contribution in [0.25, 0.3) is 0 Å². The number of Topliss-reactive ketones (excluding diaryl/α,β-unsaturated/α-hetero) is 1. The van der Waals surface area contributed by atoms with E-state index in [2.05, 4.69) is 15.9 Å². The number of alkyl halides is 1. The van der Waals surface area contributed by atoms with E-state index in [9.17, 15) is 14.0 Å². The fourth-order valence-corrected chi connectivity index (χ4v) is 1.88. The Balaban J connectivity index is 3.13. The van der Waals surface area contributed by atoms with Crippen LogP contribution in [0.4, 0.5) is 4.39 Å². The summed E-state index contributed by atoms with van der Waals surface area (Å²) in [6.45, 7) is 1.56. The molecular weight excluding hydrogens is 275 g/mol. The highest BCUT2D eigenvalue weighted by atomic mass is 79.9. The number of hydrogen-bond donors (Lipinski definition) is 1. The van der Waals surface area contributed by atoms with Gasteiger partial charge in [0.1, 0.15) is 4.88 Å². The molecule has 0 bridgehead atoms. The topological polar surface area (TPSA) is 54.4 Å². The van der Waals surface area contributed by atoms with Crippen molar-refractivity contribution < 1.29 is 19.1 Å². The first kappa shape index (κ1) is 11.3. The van der Waals surface area contributed by atoms with Crippen molar-refractivity contribution in [3.05, 3.63) is 21.6 Å². The molecule has 1 atom stereocenters. The Morgan fingerprint density at radius 2 is 2.21 bits per heavy atom. The summed E-state index contributed by atoms with van der Waals surface area (Å²) in [5, 5.41) is 9.77. The standard InChI is InChI=1S/C8H6BrFO3S/c1-3(9)6(11)4-2-14-7(5(4)10)8(12)13/h2-3H,1H3,(H,12,13). The summed E-state index contributed by atoms with van der Waals surface area (Å²) in [5.74, 6) is -2.75. The third-order valence-electron chi connectivity index (χ3n) is 1.55. The van der Waals surface area contributed by atoms with Gasteiger partial charge in [-0.15, -0.1) is 11.3 Å². The third-order valence-corrected chi connectivity index (χ3v) is 2.91. The van der Waals surface area contributed by atoms with E-state index >= 15 is 0 Å². The molecule has 0 spiro atoms. The van der Waals surface area contributed by atoms with E-state index in [0.717, 1.165) is 0 Å². The lowest BCUT2D eigenvalue weighted by molar-refractivity contribution is 0.0697. The Hall–Kier alpha value is -0.750. The largest absolute Gasteiger partial charge is 0.477 e. The molecule has 1 aromatic heterocycles. The van der Waals surface area contributed by atoms with Crippen LogP contribution in [0.3, 0.4) is 0 Å². The first-order valence-corrected chi connectivity index (χ1v) is 5.43. The van der Waals surface area contributed by atoms with E-state index in [0.29, 0.717) is 11.3 Å². The summed E-state index contributed by atoms with van der Waals surface area (Å²) >= 11 is 3.71. The number of aromatic carboxylic acids is 1. The van der Waals surface area contributed by atoms with Crippen LogP contribution in [0.2, 0.25) is 0 Å². The minimum Gasteiger partial charge on any atom is -0.477 e. The van der Waals surface area contributed by atoms with E-state index in [1.165, 1.54) is 5.38 Å². The van der Waals surface area contributed by atoms with Gasteiger partial charge in [0.2, 0.25) is 0 Å². The maximum absolute atomic E-state index is 13.3. The maximum atomic E-state index is 13.3. The van der Waals surface area contributed by atoms with E-state index in [-0.39, 0.29) is 5.56 Å². The van der Waals surface area contributed by atoms with E-state index in [1.807, 2.05) is 0 Å². The highest BCUT2D eigenvalue weighted by Crippen LogP contribution is 2.23. The van der Waals surface area contributed by atoms with Crippen molar-refractivity contribution in [2.75, 3.05) is 0 Å². The van der Waals surface area contributed by atoms with Crippen molar-refractivity contribution >= 4 is 39.0 Å². The van der Waals surface area contributed by atoms with Gasteiger partial charge >= 0.3 is 5.97 Å². The fourth-order valence-electron chi connectivity index (χ4n) is 0.868. The highest BCUT2D eigenvalue weighted by molar-refractivity contribution is 9.10. The summed E-state index contributed by atoms with van der Waals surface area (Å²) < 4.78 is 13.3. The van der Waals surface area contributed by atoms with Crippen LogP contribution in [-0.4, -0.2) is 21.7 Å². The quantitative estimate of drug-likeness (QED) is 0.684. The van der Waals surface area contributed by atoms with Gasteiger partial charge in [-0.2, -0.15) is 0 Å². The summed E-state index contributed by atoms with van der Waals surface area (Å²) in [6, 6.07) is 0. The first-order chi connectivity index (χ1) is 6.45. The molecule has 0 aliphatic rings. The second-order valence-electron chi connectivity index (χ2n) is 2.58. The third kappa shape index (κ3) is 2.01. The number of halogens is 2. The Bertz CT molecular complexity index is 386. The summed E-state index contributed by atoms with van der Waals surface area (Å²) in [6.07, 6.45) is 0. The molecule has 1 unspecified atom stereocenters. The maximum Gasteiger partial charge on any atom is 0.348 e. The number of thiophene rings is 1. The number of carbonyl (C=O) groups is 2. The minimum atomic E-state index is -1.35. The van der Waals surface area contributed by atoms with Gasteiger partial charge in [0.15, 0.2) is 11.6 Å². The highest BCUT2D eigenvalue weighted by Gasteiger charge is 2.23. The summed E-state index contributed by atoms with van der Waals surface area (Å²) in [5.41, 5.74) is -0.170. The minimum absolute atomic E-state index is 0.170. The lowest BCUT2D eigenvalue weighted by Gasteiger charge is -1.99. The van der Waals surface area contributed by atoms with Crippen LogP contribution in [0.15, 0.2) is 5.38 Å². The second-order valence-corrected chi connectivity index (χ2v) is 4.83. The van der Waals surface area contributed by atoms with Crippen molar-refractivity contribution in [2.24, 2.45) is 0 Å². The van der Waals surface area contributed by atoms with E-state index in [4.69, 9.17) is 5.11 Å². The Labute approximate surface area is 91.7 Å². The Morgan fingerprint density at radius 3 is 2.57 bits per heavy atom. The predicted molar refractivity (Wildman–Crippen MR) is 54.0 cm³/mol. The molecule has 0 saturated heterocycles. The van der Waals surface area contributed by atoms with Crippen molar-refractivity contribution in [1.82, 2.24) is 0 Å². The van der Waals surface area contributed by atoms with Crippen molar-refractivity contribution in [2.45, 2.75) is 11.8 Å². The average molecular weight is 281 g/mol. The van der Waals surface area contributed by atoms with Gasteiger partial charge in [-0.05, 0) is 6.92 Å². The van der Waals surface area contributed by atoms with Crippen LogP contribution in [0.5, 0.6) is 0 Å². The van der Waals surface area contributed by atoms with E-state index in [1.54, 1.807) is 6.92 Å². The predicted octanol–water partition coefficient (Wildman–Crippen LogP) is 2.55. The van der Waals surface area contributed by atoms with Crippen LogP contribution in [0.1, 0.15) is 27.0 Å². The van der Waals surface area contributed by atoms with Crippen LogP contribution in [0, 0.1) is 5.82 Å². The lowest BCUT2D eigenvalue weighted by Crippen LogP contribution is -2.11. The molecule has 0 amide bonds. The number of carboxylic acids is 1. The zero-order chi connectivity index (χ0) is 10.9. The fraction of sp³-hybridized carbons (Fsp3) is 0.250. The summed E-state index contributed by atoms with van der Waals surface area (Å²) in [4.78, 5) is 20.9. The number of hydrogen-bond acceptors (Lipinski definition) is 3. The molecule has 0 aliphatic heterocycles. The second kappa shape index (κ2) is 4.18. The van der Waals surface area contributed by atoms with Gasteiger partial charge in [-0.3, -0.25) is 4.79 Å². The molecule has 1 aromatic rings. The Kier molecular flexibility index (Phi) is 3.38. The van der Waals surface area contributed by atoms with Gasteiger partial charge < -0.3 is 5.11 Å². The molecular formula is C8H6BrFO3S. The average Bonchev–Trinajstić information content (AvgIpc) is 2.45. The zero-order valence-electron chi connectivity index (χ0n) is 7.08. The molecule has 0 fully saturated rings. The molecule has 3 nitrogen and oxygen atoms in total. The molecule has 6 heteroatoms. The molecule has 1 rings (SSSR count). The van der Waals surface area contributed by atoms with Gasteiger partial charge in [0.05, 0.1) is 10.4 Å². The molecule has 0 saturated carbocycles. The van der Waals surface area contributed by atoms with Gasteiger partial charge in [-0.1, -0.05) is 15.9 Å². The van der Waals surface area contributed by atoms with Crippen LogP contribution in [-0.2, 0) is 0 Å². The van der Waals surface area contributed by atoms with Crippen molar-refractivity contribution in [1.29, 1.82) is 0 Å². The lowest BCUT2D eigenvalue weighted by atomic mass is 10.1. The molecule has 0 aromatic carbocycles. The van der Waals surface area contributed by atoms with Crippen LogP contribution < -0.4 is 0 Å². The molecule has 14 heavy (non-hydrogen) atoms. The number of carboxylic acid groups (broad SMARTS) is 1. The molecule has 76 valence electrons. The van der Waals surface area contributed by atoms with Gasteiger partial charge in [-0.25, -0.2) is 9.18 Å². The zero-order valence-corrected chi connectivity index (χ0v) is 9.49. The number of rotatable bonds is 3. The van der Waals surface area contributed by atoms with Crippen molar-refractivity contribution in [3.63, 3.8) is 0 Å². The van der Waals surface area contributed by atoms with Crippen molar-refractivity contribution in [3.8, 4) is 0 Å². The van der Waals surface area contributed by atoms with Crippen LogP contribution >= 0.6 is 27.3 Å². The number of carbonyl (C=O) groups excluding carboxylic acids is 1. The first-order valence-electron chi connectivity index (χ1n) is 3.63. The Morgan fingerprint density at radius 1 is 1.64 bits per heavy atom.